The molecule has 0 unspecified atom stereocenters. The summed E-state index contributed by atoms with van der Waals surface area (Å²) in [6.45, 7) is 9.34. The van der Waals surface area contributed by atoms with Crippen molar-refractivity contribution in [1.82, 2.24) is 20.0 Å². The molecule has 0 atom stereocenters. The number of hydrogen-bond donors (Lipinski definition) is 1. The number of rotatable bonds is 12. The number of nitriles is 2. The predicted octanol–water partition coefficient (Wildman–Crippen LogP) is 8.76. The molecule has 0 aliphatic carbocycles. The Kier molecular flexibility index (Phi) is 13.0. The van der Waals surface area contributed by atoms with Crippen LogP contribution in [0.15, 0.2) is 89.6 Å². The lowest BCUT2D eigenvalue weighted by Crippen LogP contribution is -2.44. The standard InChI is InChI=1S/C30H37N3O2.C12H11N3/c1-3-5-22(6-4-2)17-25-11-12-26-19-29(35-28(26)18-25)30(34)32-27-13-15-33(16-14-27)21-24-9-7-23(20-31)8-10-24;1-2-10-8-14-15(9-10)12-5-3-11(7-13)4-6-12/h7-12,18-19,22,27H,3-6,13-17,21H2,1-2H3,(H,32,34);3-6,8-9H,2H2,1H3. The first-order valence-corrected chi connectivity index (χ1v) is 18.0. The van der Waals surface area contributed by atoms with E-state index in [4.69, 9.17) is 14.9 Å². The number of nitrogens with one attached hydrogen (secondary N) is 1. The van der Waals surface area contributed by atoms with Crippen LogP contribution >= 0.6 is 0 Å². The fourth-order valence-electron chi connectivity index (χ4n) is 6.62. The first-order valence-electron chi connectivity index (χ1n) is 18.0. The van der Waals surface area contributed by atoms with Crippen molar-refractivity contribution >= 4 is 16.9 Å². The Morgan fingerprint density at radius 2 is 1.52 bits per heavy atom. The minimum atomic E-state index is -0.122. The Morgan fingerprint density at radius 1 is 0.880 bits per heavy atom. The minimum absolute atomic E-state index is 0.122. The van der Waals surface area contributed by atoms with E-state index in [1.807, 2.05) is 59.5 Å². The molecule has 8 nitrogen and oxygen atoms in total. The van der Waals surface area contributed by atoms with E-state index >= 15 is 0 Å². The molecule has 3 heterocycles. The topological polar surface area (TPSA) is 111 Å². The number of carbonyl (C=O) groups excluding carboxylic acids is 1. The van der Waals surface area contributed by atoms with Gasteiger partial charge in [0.15, 0.2) is 5.76 Å². The summed E-state index contributed by atoms with van der Waals surface area (Å²) in [7, 11) is 0. The molecule has 5 aromatic rings. The highest BCUT2D eigenvalue weighted by Crippen LogP contribution is 2.25. The number of nitrogens with zero attached hydrogens (tertiary/aromatic N) is 5. The number of aromatic nitrogens is 2. The van der Waals surface area contributed by atoms with E-state index in [-0.39, 0.29) is 11.9 Å². The quantitative estimate of drug-likeness (QED) is 0.142. The molecule has 2 aromatic heterocycles. The zero-order valence-corrected chi connectivity index (χ0v) is 29.6. The lowest BCUT2D eigenvalue weighted by molar-refractivity contribution is 0.0883. The van der Waals surface area contributed by atoms with Crippen LogP contribution in [0, 0.1) is 28.6 Å². The highest BCUT2D eigenvalue weighted by atomic mass is 16.3. The van der Waals surface area contributed by atoms with Gasteiger partial charge in [0.25, 0.3) is 5.91 Å². The van der Waals surface area contributed by atoms with Gasteiger partial charge in [0, 0.05) is 37.3 Å². The molecule has 0 bridgehead atoms. The van der Waals surface area contributed by atoms with Crippen LogP contribution in [0.2, 0.25) is 0 Å². The van der Waals surface area contributed by atoms with E-state index in [2.05, 4.69) is 66.4 Å². The van der Waals surface area contributed by atoms with Gasteiger partial charge in [0.05, 0.1) is 35.1 Å². The van der Waals surface area contributed by atoms with E-state index in [0.29, 0.717) is 22.8 Å². The van der Waals surface area contributed by atoms with Gasteiger partial charge in [-0.2, -0.15) is 15.6 Å². The van der Waals surface area contributed by atoms with Crippen LogP contribution in [0.4, 0.5) is 0 Å². The molecule has 3 aromatic carbocycles. The smallest absolute Gasteiger partial charge is 0.287 e. The summed E-state index contributed by atoms with van der Waals surface area (Å²) in [5, 5.41) is 26.0. The molecule has 0 saturated carbocycles. The number of hydrogen-bond acceptors (Lipinski definition) is 6. The number of piperidine rings is 1. The third-order valence-electron chi connectivity index (χ3n) is 9.44. The van der Waals surface area contributed by atoms with E-state index in [1.54, 1.807) is 12.1 Å². The average molecular weight is 669 g/mol. The second kappa shape index (κ2) is 18.0. The predicted molar refractivity (Wildman–Crippen MR) is 198 cm³/mol. The Bertz CT molecular complexity index is 1890. The minimum Gasteiger partial charge on any atom is -0.451 e. The van der Waals surface area contributed by atoms with Crippen molar-refractivity contribution < 1.29 is 9.21 Å². The van der Waals surface area contributed by atoms with Crippen molar-refractivity contribution in [3.8, 4) is 17.8 Å². The molecule has 1 saturated heterocycles. The molecule has 1 amide bonds. The molecule has 50 heavy (non-hydrogen) atoms. The van der Waals surface area contributed by atoms with Gasteiger partial charge in [-0.25, -0.2) is 4.68 Å². The van der Waals surface area contributed by atoms with Crippen molar-refractivity contribution in [3.05, 3.63) is 119 Å². The van der Waals surface area contributed by atoms with Gasteiger partial charge in [0.2, 0.25) is 0 Å². The van der Waals surface area contributed by atoms with Crippen LogP contribution < -0.4 is 5.32 Å². The van der Waals surface area contributed by atoms with Gasteiger partial charge in [-0.15, -0.1) is 0 Å². The van der Waals surface area contributed by atoms with Gasteiger partial charge >= 0.3 is 0 Å². The van der Waals surface area contributed by atoms with Crippen molar-refractivity contribution in [2.24, 2.45) is 5.92 Å². The van der Waals surface area contributed by atoms with Crippen LogP contribution in [0.25, 0.3) is 16.7 Å². The maximum Gasteiger partial charge on any atom is 0.287 e. The van der Waals surface area contributed by atoms with Crippen LogP contribution in [-0.4, -0.2) is 39.7 Å². The lowest BCUT2D eigenvalue weighted by atomic mass is 9.91. The highest BCUT2D eigenvalue weighted by molar-refractivity contribution is 5.96. The fraction of sp³-hybridized carbons (Fsp3) is 0.381. The van der Waals surface area contributed by atoms with Gasteiger partial charge in [-0.05, 0) is 96.8 Å². The van der Waals surface area contributed by atoms with Crippen molar-refractivity contribution in [3.63, 3.8) is 0 Å². The molecule has 1 aliphatic heterocycles. The number of aryl methyl sites for hydroxylation is 1. The number of likely N-dealkylation sites (tertiary alicyclic amines) is 1. The molecular formula is C42H48N6O2. The molecule has 1 fully saturated rings. The largest absolute Gasteiger partial charge is 0.451 e. The van der Waals surface area contributed by atoms with Crippen LogP contribution in [0.5, 0.6) is 0 Å². The zero-order chi connectivity index (χ0) is 35.3. The Labute approximate surface area is 296 Å². The number of carbonyl (C=O) groups is 1. The average Bonchev–Trinajstić information content (AvgIpc) is 3.81. The van der Waals surface area contributed by atoms with Crippen molar-refractivity contribution in [1.29, 1.82) is 10.5 Å². The summed E-state index contributed by atoms with van der Waals surface area (Å²) in [5.41, 5.74) is 6.85. The molecule has 1 N–H and O–H groups in total. The molecule has 0 spiro atoms. The van der Waals surface area contributed by atoms with E-state index < -0.39 is 0 Å². The molecule has 6 rings (SSSR count). The third-order valence-corrected chi connectivity index (χ3v) is 9.44. The van der Waals surface area contributed by atoms with Gasteiger partial charge in [0.1, 0.15) is 5.58 Å². The Hall–Kier alpha value is -5.18. The van der Waals surface area contributed by atoms with Crippen LogP contribution in [0.3, 0.4) is 0 Å². The monoisotopic (exact) mass is 668 g/mol. The van der Waals surface area contributed by atoms with Crippen molar-refractivity contribution in [2.45, 2.75) is 84.7 Å². The Balaban J connectivity index is 0.000000269. The van der Waals surface area contributed by atoms with Gasteiger partial charge in [-0.1, -0.05) is 70.7 Å². The second-order valence-electron chi connectivity index (χ2n) is 13.3. The second-order valence-corrected chi connectivity index (χ2v) is 13.3. The highest BCUT2D eigenvalue weighted by Gasteiger charge is 2.23. The van der Waals surface area contributed by atoms with E-state index in [1.165, 1.54) is 42.4 Å². The number of amides is 1. The van der Waals surface area contributed by atoms with Crippen LogP contribution in [-0.2, 0) is 19.4 Å². The van der Waals surface area contributed by atoms with Gasteiger partial charge in [-0.3, -0.25) is 9.69 Å². The summed E-state index contributed by atoms with van der Waals surface area (Å²) < 4.78 is 7.81. The zero-order valence-electron chi connectivity index (χ0n) is 29.6. The SMILES string of the molecule is CCCC(CCC)Cc1ccc2cc(C(=O)NC3CCN(Cc4ccc(C#N)cc4)CC3)oc2c1.CCc1cnn(-c2ccc(C#N)cc2)c1. The molecule has 0 radical (unpaired) electrons. The molecule has 1 aliphatic rings. The lowest BCUT2D eigenvalue weighted by Gasteiger charge is -2.32. The van der Waals surface area contributed by atoms with E-state index in [9.17, 15) is 4.79 Å². The first kappa shape index (κ1) is 36.1. The number of fused-ring (bicyclic) bond motifs is 1. The molecular weight excluding hydrogens is 621 g/mol. The molecule has 8 heteroatoms. The molecule has 258 valence electrons. The summed E-state index contributed by atoms with van der Waals surface area (Å²) in [6.07, 6.45) is 12.7. The maximum atomic E-state index is 12.9. The Morgan fingerprint density at radius 3 is 2.12 bits per heavy atom. The number of furan rings is 1. The first-order chi connectivity index (χ1) is 24.4. The summed E-state index contributed by atoms with van der Waals surface area (Å²) in [6, 6.07) is 27.8. The fourth-order valence-corrected chi connectivity index (χ4v) is 6.62. The maximum absolute atomic E-state index is 12.9. The summed E-state index contributed by atoms with van der Waals surface area (Å²) in [5.74, 6) is 0.988. The third kappa shape index (κ3) is 9.94. The summed E-state index contributed by atoms with van der Waals surface area (Å²) in [4.78, 5) is 15.3. The summed E-state index contributed by atoms with van der Waals surface area (Å²) >= 11 is 0. The van der Waals surface area contributed by atoms with E-state index in [0.717, 1.165) is 62.0 Å². The number of benzene rings is 3. The van der Waals surface area contributed by atoms with Crippen molar-refractivity contribution in [2.75, 3.05) is 13.1 Å². The normalized spacial score (nSPS) is 13.4. The van der Waals surface area contributed by atoms with Crippen LogP contribution in [0.1, 0.15) is 97.7 Å². The van der Waals surface area contributed by atoms with Gasteiger partial charge < -0.3 is 9.73 Å².